The van der Waals surface area contributed by atoms with Gasteiger partial charge in [0, 0.05) is 33.7 Å². The molecule has 2 saturated carbocycles. The van der Waals surface area contributed by atoms with Gasteiger partial charge < -0.3 is 9.72 Å². The van der Waals surface area contributed by atoms with Gasteiger partial charge in [-0.2, -0.15) is 0 Å². The lowest BCUT2D eigenvalue weighted by atomic mass is 9.68. The number of nitro benzene ring substituents is 1. The van der Waals surface area contributed by atoms with Gasteiger partial charge in [-0.1, -0.05) is 29.5 Å². The average Bonchev–Trinajstić information content (AvgIpc) is 3.63. The zero-order valence-electron chi connectivity index (χ0n) is 19.5. The first-order chi connectivity index (χ1) is 17.9. The van der Waals surface area contributed by atoms with E-state index < -0.39 is 16.8 Å². The Morgan fingerprint density at radius 1 is 1.03 bits per heavy atom. The molecule has 2 aliphatic carbocycles. The number of benzene rings is 2. The summed E-state index contributed by atoms with van der Waals surface area (Å²) >= 11 is 2.85. The van der Waals surface area contributed by atoms with Gasteiger partial charge in [-0.3, -0.25) is 29.4 Å². The predicted octanol–water partition coefficient (Wildman–Crippen LogP) is 4.03. The summed E-state index contributed by atoms with van der Waals surface area (Å²) in [5.74, 6) is -0.652. The van der Waals surface area contributed by atoms with E-state index in [-0.39, 0.29) is 51.3 Å². The van der Waals surface area contributed by atoms with Gasteiger partial charge >= 0.3 is 4.87 Å². The summed E-state index contributed by atoms with van der Waals surface area (Å²) < 4.78 is 5.71. The lowest BCUT2D eigenvalue weighted by Crippen LogP contribution is -2.42. The van der Waals surface area contributed by atoms with Crippen LogP contribution in [0.15, 0.2) is 58.4 Å². The van der Waals surface area contributed by atoms with Gasteiger partial charge in [-0.25, -0.2) is 0 Å². The Morgan fingerprint density at radius 3 is 2.43 bits per heavy atom. The normalized spacial score (nSPS) is 31.3. The summed E-state index contributed by atoms with van der Waals surface area (Å²) in [6.45, 7) is 0. The Labute approximate surface area is 219 Å². The topological polar surface area (TPSA) is 123 Å². The number of thiazole rings is 1. The van der Waals surface area contributed by atoms with Crippen LogP contribution in [-0.2, 0) is 9.59 Å². The van der Waals surface area contributed by atoms with E-state index in [1.165, 1.54) is 40.5 Å². The van der Waals surface area contributed by atoms with E-state index in [1.807, 2.05) is 24.3 Å². The molecular weight excluding hydrogens is 514 g/mol. The number of amides is 2. The maximum absolute atomic E-state index is 13.8. The summed E-state index contributed by atoms with van der Waals surface area (Å²) in [4.78, 5) is 55.5. The van der Waals surface area contributed by atoms with Crippen LogP contribution in [0.5, 0.6) is 5.75 Å². The van der Waals surface area contributed by atoms with Crippen LogP contribution in [0.2, 0.25) is 0 Å². The maximum Gasteiger partial charge on any atom is 0.305 e. The van der Waals surface area contributed by atoms with E-state index in [1.54, 1.807) is 18.9 Å². The third kappa shape index (κ3) is 3.07. The summed E-state index contributed by atoms with van der Waals surface area (Å²) in [5, 5.41) is 12.0. The Kier molecular flexibility index (Phi) is 4.93. The molecule has 11 heteroatoms. The van der Waals surface area contributed by atoms with Crippen LogP contribution >= 0.6 is 23.1 Å². The monoisotopic (exact) mass is 535 g/mol. The molecule has 3 heterocycles. The average molecular weight is 536 g/mol. The van der Waals surface area contributed by atoms with Crippen LogP contribution in [0, 0.1) is 39.7 Å². The number of non-ortho nitro benzene ring substituents is 1. The number of ether oxygens (including phenoxy) is 1. The number of hydrogen-bond donors (Lipinski definition) is 1. The number of para-hydroxylation sites is 1. The highest BCUT2D eigenvalue weighted by Crippen LogP contribution is 2.69. The second-order valence-electron chi connectivity index (χ2n) is 9.99. The summed E-state index contributed by atoms with van der Waals surface area (Å²) in [7, 11) is 1.63. The third-order valence-corrected chi connectivity index (χ3v) is 11.1. The molecular formula is C26H21N3O6S2. The van der Waals surface area contributed by atoms with Crippen LogP contribution < -0.4 is 14.5 Å². The standard InChI is InChI=1S/C26H21N3O6S2/c1-35-16-5-3-2-4-13(16)17-18-14-10-15(21(18)36-23-22(17)37-26(32)27-23)20-19(14)24(30)28(25(20)31)11-6-8-12(9-7-11)29(33)34/h2-9,14-15,17-21H,10H2,1H3,(H,27,32)/t14-,15-,17-,18+,19-,20-,21+/m1/s1. The number of nitrogens with zero attached hydrogens (tertiary/aromatic N) is 2. The number of H-pyrrole nitrogens is 1. The van der Waals surface area contributed by atoms with E-state index in [2.05, 4.69) is 4.98 Å². The molecule has 1 aromatic heterocycles. The molecule has 2 aromatic carbocycles. The fourth-order valence-corrected chi connectivity index (χ4v) is 10.1. The first-order valence-corrected chi connectivity index (χ1v) is 13.7. The molecule has 37 heavy (non-hydrogen) atoms. The fourth-order valence-electron chi connectivity index (χ4n) is 7.27. The minimum Gasteiger partial charge on any atom is -0.496 e. The van der Waals surface area contributed by atoms with E-state index in [0.717, 1.165) is 27.6 Å². The number of methoxy groups -OCH3 is 1. The molecule has 1 N–H and O–H groups in total. The molecule has 4 aliphatic rings. The molecule has 3 fully saturated rings. The number of aromatic amines is 1. The minimum atomic E-state index is -0.505. The first-order valence-electron chi connectivity index (χ1n) is 12.0. The Balaban J connectivity index is 1.31. The van der Waals surface area contributed by atoms with Crippen LogP contribution in [0.4, 0.5) is 11.4 Å². The Bertz CT molecular complexity index is 1530. The summed E-state index contributed by atoms with van der Waals surface area (Å²) in [6.07, 6.45) is 0.786. The van der Waals surface area contributed by atoms with Gasteiger partial charge in [0.1, 0.15) is 5.75 Å². The number of imide groups is 1. The van der Waals surface area contributed by atoms with Crippen LogP contribution in [0.3, 0.4) is 0 Å². The second-order valence-corrected chi connectivity index (χ2v) is 12.2. The SMILES string of the molecule is COc1ccccc1[C@H]1c2sc(=O)[nH]c2S[C@H]2[C@@H]3C[C@@H]([C@H]4C(=O)N(c5ccc([N+](=O)[O-])cc5)C(=O)[C@H]34)[C@@H]12. The van der Waals surface area contributed by atoms with Crippen molar-refractivity contribution in [3.63, 3.8) is 0 Å². The zero-order valence-corrected chi connectivity index (χ0v) is 21.2. The van der Waals surface area contributed by atoms with Crippen molar-refractivity contribution in [2.24, 2.45) is 29.6 Å². The number of carbonyl (C=O) groups is 2. The molecule has 0 radical (unpaired) electrons. The number of carbonyl (C=O) groups excluding carboxylic acids is 2. The molecule has 9 nitrogen and oxygen atoms in total. The number of thioether (sulfide) groups is 1. The maximum atomic E-state index is 13.8. The lowest BCUT2D eigenvalue weighted by molar-refractivity contribution is -0.384. The van der Waals surface area contributed by atoms with Crippen molar-refractivity contribution in [3.05, 3.63) is 78.8 Å². The molecule has 1 saturated heterocycles. The number of rotatable bonds is 4. The highest BCUT2D eigenvalue weighted by molar-refractivity contribution is 8.00. The van der Waals surface area contributed by atoms with E-state index >= 15 is 0 Å². The summed E-state index contributed by atoms with van der Waals surface area (Å²) in [5.41, 5.74) is 1.27. The molecule has 0 unspecified atom stereocenters. The van der Waals surface area contributed by atoms with Gasteiger partial charge in [-0.15, -0.1) is 11.8 Å². The minimum absolute atomic E-state index is 0.00161. The number of anilines is 1. The molecule has 3 aromatic rings. The highest BCUT2D eigenvalue weighted by atomic mass is 32.2. The molecule has 2 aliphatic heterocycles. The van der Waals surface area contributed by atoms with Crippen molar-refractivity contribution in [2.75, 3.05) is 12.0 Å². The highest BCUT2D eigenvalue weighted by Gasteiger charge is 2.69. The van der Waals surface area contributed by atoms with Crippen molar-refractivity contribution in [1.29, 1.82) is 0 Å². The molecule has 7 rings (SSSR count). The number of nitro groups is 1. The summed E-state index contributed by atoms with van der Waals surface area (Å²) in [6, 6.07) is 13.4. The number of nitrogens with one attached hydrogen (secondary N) is 1. The quantitative estimate of drug-likeness (QED) is 0.304. The smallest absolute Gasteiger partial charge is 0.305 e. The van der Waals surface area contributed by atoms with E-state index in [9.17, 15) is 24.5 Å². The molecule has 7 atom stereocenters. The van der Waals surface area contributed by atoms with Gasteiger partial charge in [0.05, 0.1) is 34.6 Å². The Hall–Kier alpha value is -3.44. The first kappa shape index (κ1) is 22.7. The van der Waals surface area contributed by atoms with Crippen LogP contribution in [0.25, 0.3) is 0 Å². The molecule has 2 bridgehead atoms. The van der Waals surface area contributed by atoms with E-state index in [0.29, 0.717) is 5.69 Å². The number of aromatic nitrogens is 1. The van der Waals surface area contributed by atoms with Crippen LogP contribution in [0.1, 0.15) is 22.8 Å². The third-order valence-electron chi connectivity index (χ3n) is 8.52. The van der Waals surface area contributed by atoms with Crippen molar-refractivity contribution in [1.82, 2.24) is 4.98 Å². The van der Waals surface area contributed by atoms with Crippen molar-refractivity contribution in [3.8, 4) is 5.75 Å². The Morgan fingerprint density at radius 2 is 1.73 bits per heavy atom. The van der Waals surface area contributed by atoms with E-state index in [4.69, 9.17) is 4.74 Å². The number of hydrogen-bond acceptors (Lipinski definition) is 8. The zero-order chi connectivity index (χ0) is 25.6. The fraction of sp³-hybridized carbons (Fsp3) is 0.346. The van der Waals surface area contributed by atoms with Crippen molar-refractivity contribution in [2.45, 2.75) is 22.6 Å². The largest absolute Gasteiger partial charge is 0.496 e. The van der Waals surface area contributed by atoms with Gasteiger partial charge in [-0.05, 0) is 42.4 Å². The van der Waals surface area contributed by atoms with Gasteiger partial charge in [0.25, 0.3) is 5.69 Å². The predicted molar refractivity (Wildman–Crippen MR) is 137 cm³/mol. The van der Waals surface area contributed by atoms with Crippen LogP contribution in [-0.4, -0.2) is 34.1 Å². The molecule has 2 amide bonds. The van der Waals surface area contributed by atoms with Crippen molar-refractivity contribution >= 4 is 46.3 Å². The molecule has 188 valence electrons. The van der Waals surface area contributed by atoms with Gasteiger partial charge in [0.2, 0.25) is 11.8 Å². The molecule has 0 spiro atoms. The van der Waals surface area contributed by atoms with Crippen molar-refractivity contribution < 1.29 is 19.2 Å². The lowest BCUT2D eigenvalue weighted by Gasteiger charge is -2.43. The van der Waals surface area contributed by atoms with Gasteiger partial charge in [0.15, 0.2) is 0 Å². The number of fused-ring (bicyclic) bond motifs is 9. The second kappa shape index (κ2) is 8.03.